The highest BCUT2D eigenvalue weighted by atomic mass is 15.0. The lowest BCUT2D eigenvalue weighted by Gasteiger charge is -2.11. The molecule has 0 aliphatic heterocycles. The summed E-state index contributed by atoms with van der Waals surface area (Å²) >= 11 is 0. The lowest BCUT2D eigenvalue weighted by molar-refractivity contribution is 0.588. The van der Waals surface area contributed by atoms with Gasteiger partial charge in [-0.15, -0.1) is 0 Å². The van der Waals surface area contributed by atoms with Gasteiger partial charge in [0.15, 0.2) is 5.65 Å². The van der Waals surface area contributed by atoms with Crippen molar-refractivity contribution in [3.05, 3.63) is 18.3 Å². The fourth-order valence-electron chi connectivity index (χ4n) is 1.25. The molecule has 0 amide bonds. The van der Waals surface area contributed by atoms with E-state index >= 15 is 0 Å². The first-order valence-electron chi connectivity index (χ1n) is 4.59. The van der Waals surface area contributed by atoms with Gasteiger partial charge in [-0.05, 0) is 6.92 Å². The number of nitrogens with one attached hydrogen (secondary N) is 1. The van der Waals surface area contributed by atoms with Crippen molar-refractivity contribution in [1.82, 2.24) is 19.9 Å². The molecule has 14 heavy (non-hydrogen) atoms. The number of nitrogens with zero attached hydrogens (tertiary/aromatic N) is 3. The molecule has 0 saturated carbocycles. The van der Waals surface area contributed by atoms with Crippen LogP contribution in [0.4, 0.5) is 0 Å². The summed E-state index contributed by atoms with van der Waals surface area (Å²) in [5.41, 5.74) is 7.35. The molecule has 0 fully saturated rings. The van der Waals surface area contributed by atoms with Crippen LogP contribution < -0.4 is 5.73 Å². The van der Waals surface area contributed by atoms with Gasteiger partial charge in [0.2, 0.25) is 0 Å². The lowest BCUT2D eigenvalue weighted by atomic mass is 10.0. The molecule has 0 saturated heterocycles. The number of aromatic amines is 1. The summed E-state index contributed by atoms with van der Waals surface area (Å²) < 4.78 is 0. The number of H-pyrrole nitrogens is 1. The van der Waals surface area contributed by atoms with Crippen molar-refractivity contribution < 1.29 is 0 Å². The van der Waals surface area contributed by atoms with Crippen molar-refractivity contribution >= 4 is 11.2 Å². The predicted molar refractivity (Wildman–Crippen MR) is 53.7 cm³/mol. The fraction of sp³-hybridized carbons (Fsp3) is 0.444. The van der Waals surface area contributed by atoms with E-state index in [2.05, 4.69) is 19.9 Å². The third-order valence-corrected chi connectivity index (χ3v) is 2.40. The quantitative estimate of drug-likeness (QED) is 0.735. The van der Waals surface area contributed by atoms with Gasteiger partial charge in [0.1, 0.15) is 17.7 Å². The summed E-state index contributed by atoms with van der Waals surface area (Å²) in [7, 11) is 0. The van der Waals surface area contributed by atoms with E-state index in [4.69, 9.17) is 5.73 Å². The normalized spacial score (nSPS) is 15.6. The summed E-state index contributed by atoms with van der Waals surface area (Å²) in [5, 5.41) is 0. The Morgan fingerprint density at radius 1 is 1.43 bits per heavy atom. The molecule has 0 spiro atoms. The van der Waals surface area contributed by atoms with Gasteiger partial charge in [0.05, 0.1) is 6.20 Å². The molecule has 2 unspecified atom stereocenters. The standard InChI is InChI=1S/C9H13N5/c1-5(6(2)10)8-13-7-3-11-4-12-9(7)14-8/h3-6H,10H2,1-2H3,(H,11,12,13,14). The van der Waals surface area contributed by atoms with Crippen molar-refractivity contribution in [2.24, 2.45) is 5.73 Å². The molecule has 0 radical (unpaired) electrons. The Morgan fingerprint density at radius 2 is 2.21 bits per heavy atom. The van der Waals surface area contributed by atoms with Gasteiger partial charge in [0, 0.05) is 12.0 Å². The minimum Gasteiger partial charge on any atom is -0.339 e. The Kier molecular flexibility index (Phi) is 2.17. The number of rotatable bonds is 2. The van der Waals surface area contributed by atoms with Crippen LogP contribution in [0.15, 0.2) is 12.5 Å². The van der Waals surface area contributed by atoms with Crippen LogP contribution in [0.5, 0.6) is 0 Å². The molecular weight excluding hydrogens is 178 g/mol. The van der Waals surface area contributed by atoms with Gasteiger partial charge < -0.3 is 10.7 Å². The average Bonchev–Trinajstić information content (AvgIpc) is 2.59. The summed E-state index contributed by atoms with van der Waals surface area (Å²) in [4.78, 5) is 15.5. The zero-order valence-electron chi connectivity index (χ0n) is 8.23. The highest BCUT2D eigenvalue weighted by molar-refractivity contribution is 5.68. The summed E-state index contributed by atoms with van der Waals surface area (Å²) in [6, 6.07) is 0.0727. The minimum absolute atomic E-state index is 0.0727. The molecule has 3 N–H and O–H groups in total. The molecule has 2 heterocycles. The van der Waals surface area contributed by atoms with Gasteiger partial charge in [0.25, 0.3) is 0 Å². The molecule has 5 nitrogen and oxygen atoms in total. The Hall–Kier alpha value is -1.49. The maximum absolute atomic E-state index is 5.79. The third kappa shape index (κ3) is 1.46. The van der Waals surface area contributed by atoms with Gasteiger partial charge in [-0.1, -0.05) is 6.92 Å². The van der Waals surface area contributed by atoms with Gasteiger partial charge in [-0.2, -0.15) is 0 Å². The maximum atomic E-state index is 5.79. The Bertz CT molecular complexity index is 400. The molecule has 0 aromatic carbocycles. The first-order valence-corrected chi connectivity index (χ1v) is 4.59. The molecular formula is C9H13N5. The lowest BCUT2D eigenvalue weighted by Crippen LogP contribution is -2.23. The van der Waals surface area contributed by atoms with E-state index < -0.39 is 0 Å². The number of hydrogen-bond acceptors (Lipinski definition) is 4. The van der Waals surface area contributed by atoms with Crippen molar-refractivity contribution in [2.45, 2.75) is 25.8 Å². The topological polar surface area (TPSA) is 80.5 Å². The monoisotopic (exact) mass is 191 g/mol. The van der Waals surface area contributed by atoms with Crippen LogP contribution in [0.2, 0.25) is 0 Å². The average molecular weight is 191 g/mol. The van der Waals surface area contributed by atoms with Crippen LogP contribution in [0.3, 0.4) is 0 Å². The predicted octanol–water partition coefficient (Wildman–Crippen LogP) is 0.804. The first-order chi connectivity index (χ1) is 6.68. The summed E-state index contributed by atoms with van der Waals surface area (Å²) in [5.74, 6) is 1.07. The van der Waals surface area contributed by atoms with Crippen LogP contribution >= 0.6 is 0 Å². The van der Waals surface area contributed by atoms with E-state index in [9.17, 15) is 0 Å². The molecule has 74 valence electrons. The van der Waals surface area contributed by atoms with Crippen molar-refractivity contribution in [3.8, 4) is 0 Å². The molecule has 5 heteroatoms. The third-order valence-electron chi connectivity index (χ3n) is 2.40. The van der Waals surface area contributed by atoms with Crippen LogP contribution in [0.1, 0.15) is 25.6 Å². The Morgan fingerprint density at radius 3 is 2.86 bits per heavy atom. The van der Waals surface area contributed by atoms with Crippen LogP contribution in [0, 0.1) is 0 Å². The molecule has 2 rings (SSSR count). The second-order valence-corrected chi connectivity index (χ2v) is 3.53. The highest BCUT2D eigenvalue weighted by Gasteiger charge is 2.14. The largest absolute Gasteiger partial charge is 0.339 e. The van der Waals surface area contributed by atoms with Gasteiger partial charge in [-0.25, -0.2) is 15.0 Å². The van der Waals surface area contributed by atoms with E-state index in [1.807, 2.05) is 13.8 Å². The van der Waals surface area contributed by atoms with E-state index in [-0.39, 0.29) is 12.0 Å². The van der Waals surface area contributed by atoms with E-state index in [1.54, 1.807) is 6.20 Å². The molecule has 2 aromatic heterocycles. The van der Waals surface area contributed by atoms with Gasteiger partial charge >= 0.3 is 0 Å². The summed E-state index contributed by atoms with van der Waals surface area (Å²) in [6.07, 6.45) is 3.20. The van der Waals surface area contributed by atoms with E-state index in [1.165, 1.54) is 6.33 Å². The number of aromatic nitrogens is 4. The fourth-order valence-corrected chi connectivity index (χ4v) is 1.25. The van der Waals surface area contributed by atoms with Crippen molar-refractivity contribution in [2.75, 3.05) is 0 Å². The van der Waals surface area contributed by atoms with Crippen LogP contribution in [-0.4, -0.2) is 26.0 Å². The second-order valence-electron chi connectivity index (χ2n) is 3.53. The molecule has 2 atom stereocenters. The zero-order chi connectivity index (χ0) is 10.1. The number of imidazole rings is 1. The first kappa shape index (κ1) is 9.08. The molecule has 0 aliphatic rings. The van der Waals surface area contributed by atoms with Crippen LogP contribution in [-0.2, 0) is 0 Å². The van der Waals surface area contributed by atoms with Crippen molar-refractivity contribution in [1.29, 1.82) is 0 Å². The molecule has 0 aliphatic carbocycles. The summed E-state index contributed by atoms with van der Waals surface area (Å²) in [6.45, 7) is 4.00. The zero-order valence-corrected chi connectivity index (χ0v) is 8.23. The minimum atomic E-state index is 0.0727. The molecule has 2 aromatic rings. The van der Waals surface area contributed by atoms with Gasteiger partial charge in [-0.3, -0.25) is 0 Å². The smallest absolute Gasteiger partial charge is 0.180 e. The van der Waals surface area contributed by atoms with Crippen LogP contribution in [0.25, 0.3) is 11.2 Å². The number of hydrogen-bond donors (Lipinski definition) is 2. The van der Waals surface area contributed by atoms with E-state index in [0.29, 0.717) is 5.65 Å². The Balaban J connectivity index is 2.45. The van der Waals surface area contributed by atoms with E-state index in [0.717, 1.165) is 11.3 Å². The Labute approximate surface area is 81.8 Å². The number of nitrogens with two attached hydrogens (primary N) is 1. The maximum Gasteiger partial charge on any atom is 0.180 e. The second kappa shape index (κ2) is 3.34. The SMILES string of the molecule is CC(N)C(C)c1nc2ncncc2[nH]1. The number of fused-ring (bicyclic) bond motifs is 1. The highest BCUT2D eigenvalue weighted by Crippen LogP contribution is 2.16. The molecule has 0 bridgehead atoms. The van der Waals surface area contributed by atoms with Crippen molar-refractivity contribution in [3.63, 3.8) is 0 Å².